The minimum Gasteiger partial charge on any atom is -0.378 e. The standard InChI is InChI=1S/C19H24N4O2/c1-13(2)18(24)21-17-16(15-7-5-4-6-14(15)3)12-20-19(22-17)23-8-10-25-11-9-23/h4-7,12-13H,8-11H2,1-3H3,(H,20,21,22,24). The molecule has 0 saturated carbocycles. The normalized spacial score (nSPS) is 14.6. The summed E-state index contributed by atoms with van der Waals surface area (Å²) < 4.78 is 5.39. The van der Waals surface area contributed by atoms with Gasteiger partial charge in [-0.05, 0) is 18.1 Å². The minimum absolute atomic E-state index is 0.0542. The Balaban J connectivity index is 2.01. The van der Waals surface area contributed by atoms with Gasteiger partial charge < -0.3 is 15.0 Å². The summed E-state index contributed by atoms with van der Waals surface area (Å²) >= 11 is 0. The van der Waals surface area contributed by atoms with E-state index in [0.717, 1.165) is 29.8 Å². The molecule has 0 atom stereocenters. The highest BCUT2D eigenvalue weighted by Crippen LogP contribution is 2.30. The van der Waals surface area contributed by atoms with Gasteiger partial charge in [-0.25, -0.2) is 4.98 Å². The number of anilines is 2. The largest absolute Gasteiger partial charge is 0.378 e. The first-order valence-electron chi connectivity index (χ1n) is 8.63. The van der Waals surface area contributed by atoms with Gasteiger partial charge in [0.15, 0.2) is 0 Å². The van der Waals surface area contributed by atoms with Crippen LogP contribution in [0.5, 0.6) is 0 Å². The van der Waals surface area contributed by atoms with Gasteiger partial charge in [-0.1, -0.05) is 38.1 Å². The molecule has 0 unspecified atom stereocenters. The van der Waals surface area contributed by atoms with E-state index in [-0.39, 0.29) is 11.8 Å². The number of nitrogens with zero attached hydrogens (tertiary/aromatic N) is 3. The topological polar surface area (TPSA) is 67.3 Å². The lowest BCUT2D eigenvalue weighted by atomic mass is 10.0. The van der Waals surface area contributed by atoms with Crippen molar-refractivity contribution in [1.82, 2.24) is 9.97 Å². The van der Waals surface area contributed by atoms with Crippen LogP contribution in [0.25, 0.3) is 11.1 Å². The summed E-state index contributed by atoms with van der Waals surface area (Å²) in [5.74, 6) is 1.01. The highest BCUT2D eigenvalue weighted by molar-refractivity contribution is 5.95. The molecule has 0 bridgehead atoms. The molecule has 1 amide bonds. The maximum Gasteiger partial charge on any atom is 0.228 e. The van der Waals surface area contributed by atoms with Crippen LogP contribution in [0.2, 0.25) is 0 Å². The fourth-order valence-corrected chi connectivity index (χ4v) is 2.72. The van der Waals surface area contributed by atoms with Crippen molar-refractivity contribution in [2.24, 2.45) is 5.92 Å². The van der Waals surface area contributed by atoms with Gasteiger partial charge in [0.1, 0.15) is 5.82 Å². The maximum absolute atomic E-state index is 12.3. The van der Waals surface area contributed by atoms with Crippen LogP contribution in [0.15, 0.2) is 30.5 Å². The lowest BCUT2D eigenvalue weighted by Crippen LogP contribution is -2.37. The fourth-order valence-electron chi connectivity index (χ4n) is 2.72. The molecule has 1 aliphatic heterocycles. The van der Waals surface area contributed by atoms with Crippen molar-refractivity contribution in [3.63, 3.8) is 0 Å². The molecule has 6 heteroatoms. The summed E-state index contributed by atoms with van der Waals surface area (Å²) in [6.07, 6.45) is 1.80. The van der Waals surface area contributed by atoms with Gasteiger partial charge in [-0.15, -0.1) is 0 Å². The second kappa shape index (κ2) is 7.61. The SMILES string of the molecule is Cc1ccccc1-c1cnc(N2CCOCC2)nc1NC(=O)C(C)C. The third kappa shape index (κ3) is 3.96. The number of amides is 1. The molecule has 3 rings (SSSR count). The molecule has 2 heterocycles. The predicted molar refractivity (Wildman–Crippen MR) is 98.7 cm³/mol. The Morgan fingerprint density at radius 1 is 1.20 bits per heavy atom. The number of ether oxygens (including phenoxy) is 1. The molecule has 6 nitrogen and oxygen atoms in total. The summed E-state index contributed by atoms with van der Waals surface area (Å²) in [6, 6.07) is 8.03. The zero-order chi connectivity index (χ0) is 17.8. The molecule has 1 aromatic heterocycles. The molecule has 2 aromatic rings. The summed E-state index contributed by atoms with van der Waals surface area (Å²) in [4.78, 5) is 23.5. The Labute approximate surface area is 148 Å². The molecule has 0 spiro atoms. The van der Waals surface area contributed by atoms with Crippen molar-refractivity contribution >= 4 is 17.7 Å². The minimum atomic E-state index is -0.119. The van der Waals surface area contributed by atoms with Crippen LogP contribution in [0.4, 0.5) is 11.8 Å². The van der Waals surface area contributed by atoms with Gasteiger partial charge in [0, 0.05) is 30.8 Å². The lowest BCUT2D eigenvalue weighted by molar-refractivity contribution is -0.118. The quantitative estimate of drug-likeness (QED) is 0.927. The molecule has 25 heavy (non-hydrogen) atoms. The Bertz CT molecular complexity index is 755. The van der Waals surface area contributed by atoms with Crippen LogP contribution in [0.1, 0.15) is 19.4 Å². The lowest BCUT2D eigenvalue weighted by Gasteiger charge is -2.27. The zero-order valence-electron chi connectivity index (χ0n) is 15.0. The maximum atomic E-state index is 12.3. The number of carbonyl (C=O) groups excluding carboxylic acids is 1. The molecular formula is C19H24N4O2. The van der Waals surface area contributed by atoms with Crippen molar-refractivity contribution in [2.45, 2.75) is 20.8 Å². The number of morpholine rings is 1. The van der Waals surface area contributed by atoms with Crippen LogP contribution in [0, 0.1) is 12.8 Å². The molecule has 0 aliphatic carbocycles. The summed E-state index contributed by atoms with van der Waals surface area (Å²) in [6.45, 7) is 8.61. The average molecular weight is 340 g/mol. The number of rotatable bonds is 4. The monoisotopic (exact) mass is 340 g/mol. The van der Waals surface area contributed by atoms with E-state index in [1.807, 2.05) is 45.0 Å². The third-order valence-corrected chi connectivity index (χ3v) is 4.27. The Hall–Kier alpha value is -2.47. The van der Waals surface area contributed by atoms with Gasteiger partial charge in [-0.3, -0.25) is 4.79 Å². The number of benzene rings is 1. The van der Waals surface area contributed by atoms with Crippen LogP contribution >= 0.6 is 0 Å². The van der Waals surface area contributed by atoms with E-state index in [0.29, 0.717) is 25.0 Å². The van der Waals surface area contributed by atoms with Gasteiger partial charge >= 0.3 is 0 Å². The smallest absolute Gasteiger partial charge is 0.228 e. The van der Waals surface area contributed by atoms with E-state index in [4.69, 9.17) is 4.74 Å². The first-order chi connectivity index (χ1) is 12.1. The number of aryl methyl sites for hydroxylation is 1. The van der Waals surface area contributed by atoms with Crippen molar-refractivity contribution in [2.75, 3.05) is 36.5 Å². The van der Waals surface area contributed by atoms with Crippen molar-refractivity contribution in [3.8, 4) is 11.1 Å². The first kappa shape index (κ1) is 17.4. The second-order valence-corrected chi connectivity index (χ2v) is 6.49. The van der Waals surface area contributed by atoms with Crippen LogP contribution in [-0.2, 0) is 9.53 Å². The molecule has 1 N–H and O–H groups in total. The third-order valence-electron chi connectivity index (χ3n) is 4.27. The zero-order valence-corrected chi connectivity index (χ0v) is 15.0. The average Bonchev–Trinajstić information content (AvgIpc) is 2.63. The van der Waals surface area contributed by atoms with Crippen molar-refractivity contribution in [3.05, 3.63) is 36.0 Å². The second-order valence-electron chi connectivity index (χ2n) is 6.49. The molecule has 1 fully saturated rings. The number of hydrogen-bond acceptors (Lipinski definition) is 5. The van der Waals surface area contributed by atoms with Gasteiger partial charge in [0.25, 0.3) is 0 Å². The van der Waals surface area contributed by atoms with Crippen molar-refractivity contribution < 1.29 is 9.53 Å². The number of nitrogens with one attached hydrogen (secondary N) is 1. The van der Waals surface area contributed by atoms with Gasteiger partial charge in [0.2, 0.25) is 11.9 Å². The Kier molecular flexibility index (Phi) is 5.28. The van der Waals surface area contributed by atoms with E-state index in [1.54, 1.807) is 6.20 Å². The summed E-state index contributed by atoms with van der Waals surface area (Å²) in [5.41, 5.74) is 2.98. The van der Waals surface area contributed by atoms with E-state index in [1.165, 1.54) is 0 Å². The predicted octanol–water partition coefficient (Wildman–Crippen LogP) is 2.88. The van der Waals surface area contributed by atoms with Crippen LogP contribution < -0.4 is 10.2 Å². The van der Waals surface area contributed by atoms with E-state index >= 15 is 0 Å². The van der Waals surface area contributed by atoms with E-state index in [9.17, 15) is 4.79 Å². The van der Waals surface area contributed by atoms with Crippen LogP contribution in [-0.4, -0.2) is 42.2 Å². The molecule has 1 aromatic carbocycles. The molecular weight excluding hydrogens is 316 g/mol. The van der Waals surface area contributed by atoms with Crippen LogP contribution in [0.3, 0.4) is 0 Å². The van der Waals surface area contributed by atoms with E-state index in [2.05, 4.69) is 20.2 Å². The molecule has 132 valence electrons. The molecule has 0 radical (unpaired) electrons. The summed E-state index contributed by atoms with van der Waals surface area (Å²) in [5, 5.41) is 2.97. The number of carbonyl (C=O) groups is 1. The summed E-state index contributed by atoms with van der Waals surface area (Å²) in [7, 11) is 0. The highest BCUT2D eigenvalue weighted by Gasteiger charge is 2.19. The first-order valence-corrected chi connectivity index (χ1v) is 8.63. The van der Waals surface area contributed by atoms with Gasteiger partial charge in [-0.2, -0.15) is 4.98 Å². The number of hydrogen-bond donors (Lipinski definition) is 1. The molecule has 1 aliphatic rings. The van der Waals surface area contributed by atoms with E-state index < -0.39 is 0 Å². The van der Waals surface area contributed by atoms with Crippen molar-refractivity contribution in [1.29, 1.82) is 0 Å². The molecule has 1 saturated heterocycles. The fraction of sp³-hybridized carbons (Fsp3) is 0.421. The Morgan fingerprint density at radius 3 is 2.60 bits per heavy atom. The number of aromatic nitrogens is 2. The highest BCUT2D eigenvalue weighted by atomic mass is 16.5. The Morgan fingerprint density at radius 2 is 1.92 bits per heavy atom. The van der Waals surface area contributed by atoms with Gasteiger partial charge in [0.05, 0.1) is 13.2 Å².